The Kier molecular flexibility index (Phi) is 5.45. The summed E-state index contributed by atoms with van der Waals surface area (Å²) in [4.78, 5) is 42.9. The number of amides is 1. The van der Waals surface area contributed by atoms with Gasteiger partial charge in [0.2, 0.25) is 0 Å². The van der Waals surface area contributed by atoms with Gasteiger partial charge in [-0.3, -0.25) is 19.3 Å². The van der Waals surface area contributed by atoms with E-state index in [9.17, 15) is 19.5 Å². The molecule has 1 unspecified atom stereocenters. The Labute approximate surface area is 207 Å². The van der Waals surface area contributed by atoms with Gasteiger partial charge >= 0.3 is 5.97 Å². The number of nitrogens with zero attached hydrogens (tertiary/aromatic N) is 2. The summed E-state index contributed by atoms with van der Waals surface area (Å²) in [7, 11) is 0. The Hall–Kier alpha value is -4.17. The summed E-state index contributed by atoms with van der Waals surface area (Å²) in [5, 5.41) is 14.0. The third-order valence-electron chi connectivity index (χ3n) is 7.41. The topological polar surface area (TPSA) is 107 Å². The number of fused-ring (bicyclic) bond motifs is 5. The molecule has 36 heavy (non-hydrogen) atoms. The summed E-state index contributed by atoms with van der Waals surface area (Å²) in [6.07, 6.45) is 2.71. The largest absolute Gasteiger partial charge is 0.480 e. The van der Waals surface area contributed by atoms with E-state index in [4.69, 9.17) is 0 Å². The Bertz CT molecular complexity index is 1520. The van der Waals surface area contributed by atoms with Crippen LogP contribution in [0.4, 0.5) is 5.69 Å². The quantitative estimate of drug-likeness (QED) is 0.401. The summed E-state index contributed by atoms with van der Waals surface area (Å²) >= 11 is 0. The predicted molar refractivity (Wildman–Crippen MR) is 136 cm³/mol. The first-order chi connectivity index (χ1) is 17.5. The van der Waals surface area contributed by atoms with Crippen LogP contribution in [0.2, 0.25) is 0 Å². The second kappa shape index (κ2) is 8.80. The molecule has 0 spiro atoms. The van der Waals surface area contributed by atoms with Crippen molar-refractivity contribution in [3.63, 3.8) is 0 Å². The van der Waals surface area contributed by atoms with Gasteiger partial charge in [0.15, 0.2) is 0 Å². The fourth-order valence-corrected chi connectivity index (χ4v) is 5.87. The number of anilines is 1. The van der Waals surface area contributed by atoms with Gasteiger partial charge in [-0.15, -0.1) is 0 Å². The highest BCUT2D eigenvalue weighted by atomic mass is 16.4. The number of piperidine rings is 1. The van der Waals surface area contributed by atoms with E-state index in [2.05, 4.69) is 10.3 Å². The predicted octanol–water partition coefficient (Wildman–Crippen LogP) is 3.83. The average Bonchev–Trinajstić information content (AvgIpc) is 3.28. The van der Waals surface area contributed by atoms with Crippen LogP contribution in [0.25, 0.3) is 10.9 Å². The maximum Gasteiger partial charge on any atom is 0.325 e. The van der Waals surface area contributed by atoms with Crippen LogP contribution >= 0.6 is 0 Å². The normalized spacial score (nSPS) is 20.0. The molecule has 3 N–H and O–H groups in total. The molecule has 4 heterocycles. The molecule has 2 bridgehead atoms. The third kappa shape index (κ3) is 3.89. The highest BCUT2D eigenvalue weighted by molar-refractivity contribution is 6.05. The van der Waals surface area contributed by atoms with Crippen LogP contribution in [0.1, 0.15) is 40.0 Å². The number of aromatic amines is 1. The van der Waals surface area contributed by atoms with Crippen molar-refractivity contribution in [3.05, 3.63) is 100 Å². The van der Waals surface area contributed by atoms with Crippen molar-refractivity contribution >= 4 is 28.5 Å². The maximum absolute atomic E-state index is 12.7. The molecule has 2 aromatic carbocycles. The average molecular weight is 483 g/mol. The minimum Gasteiger partial charge on any atom is -0.480 e. The van der Waals surface area contributed by atoms with Gasteiger partial charge in [0.25, 0.3) is 11.5 Å². The molecule has 1 fully saturated rings. The number of carboxylic acid groups (broad SMARTS) is 1. The van der Waals surface area contributed by atoms with Crippen LogP contribution in [-0.2, 0) is 11.3 Å². The molecule has 6 rings (SSSR count). The number of benzene rings is 2. The van der Waals surface area contributed by atoms with Gasteiger partial charge in [-0.2, -0.15) is 0 Å². The monoisotopic (exact) mass is 482 g/mol. The van der Waals surface area contributed by atoms with E-state index in [0.717, 1.165) is 23.0 Å². The van der Waals surface area contributed by atoms with Crippen molar-refractivity contribution in [3.8, 4) is 0 Å². The van der Waals surface area contributed by atoms with Crippen LogP contribution in [0, 0.1) is 5.92 Å². The molecule has 1 saturated heterocycles. The lowest BCUT2D eigenvalue weighted by Gasteiger charge is -2.44. The van der Waals surface area contributed by atoms with E-state index in [0.29, 0.717) is 36.4 Å². The molecular formula is C28H26N4O4. The number of hydrogen-bond acceptors (Lipinski definition) is 4. The second-order valence-corrected chi connectivity index (χ2v) is 9.72. The molecule has 1 amide bonds. The van der Waals surface area contributed by atoms with Crippen molar-refractivity contribution < 1.29 is 14.7 Å². The van der Waals surface area contributed by atoms with E-state index in [1.807, 2.05) is 45.9 Å². The number of aromatic nitrogens is 2. The lowest BCUT2D eigenvalue weighted by atomic mass is 9.82. The number of pyridine rings is 1. The minimum atomic E-state index is -0.917. The molecule has 182 valence electrons. The van der Waals surface area contributed by atoms with Crippen molar-refractivity contribution in [2.24, 2.45) is 5.92 Å². The molecule has 0 radical (unpaired) electrons. The van der Waals surface area contributed by atoms with E-state index in [1.54, 1.807) is 36.5 Å². The van der Waals surface area contributed by atoms with Gasteiger partial charge in [-0.25, -0.2) is 0 Å². The van der Waals surface area contributed by atoms with E-state index >= 15 is 0 Å². The second-order valence-electron chi connectivity index (χ2n) is 9.72. The van der Waals surface area contributed by atoms with Crippen molar-refractivity contribution in [1.82, 2.24) is 14.5 Å². The van der Waals surface area contributed by atoms with E-state index in [-0.39, 0.29) is 23.3 Å². The van der Waals surface area contributed by atoms with Gasteiger partial charge < -0.3 is 20.0 Å². The Morgan fingerprint density at radius 1 is 1.00 bits per heavy atom. The zero-order valence-electron chi connectivity index (χ0n) is 19.6. The molecule has 8 nitrogen and oxygen atoms in total. The van der Waals surface area contributed by atoms with Crippen molar-refractivity contribution in [2.75, 3.05) is 18.4 Å². The van der Waals surface area contributed by atoms with Crippen LogP contribution in [0.15, 0.2) is 77.7 Å². The highest BCUT2D eigenvalue weighted by Gasteiger charge is 2.40. The molecule has 3 atom stereocenters. The molecule has 2 aliphatic rings. The van der Waals surface area contributed by atoms with Crippen molar-refractivity contribution in [2.45, 2.75) is 24.9 Å². The molecule has 0 saturated carbocycles. The zero-order chi connectivity index (χ0) is 24.8. The Morgan fingerprint density at radius 3 is 2.64 bits per heavy atom. The number of nitrogens with one attached hydrogen (secondary N) is 2. The molecule has 0 aliphatic carbocycles. The van der Waals surface area contributed by atoms with Crippen LogP contribution in [0.3, 0.4) is 0 Å². The smallest absolute Gasteiger partial charge is 0.325 e. The molecule has 2 aliphatic heterocycles. The first kappa shape index (κ1) is 22.3. The van der Waals surface area contributed by atoms with Gasteiger partial charge in [0.05, 0.1) is 0 Å². The fraction of sp³-hybridized carbons (Fsp3) is 0.250. The standard InChI is InChI=1S/C28H26N4O4/c33-25-8-4-7-24-19-11-17(15-32(24)25)14-31(16-19)26(28(35)36)22-13-29-23-10-9-20(12-21(22)23)30-27(34)18-5-2-1-3-6-18/h1-10,12-13,17,19,26,29H,11,14-16H2,(H,30,34)(H,35,36)/t17-,19-,26?/m1/s1. The van der Waals surface area contributed by atoms with Gasteiger partial charge in [-0.1, -0.05) is 24.3 Å². The first-order valence-electron chi connectivity index (χ1n) is 12.1. The maximum atomic E-state index is 12.7. The third-order valence-corrected chi connectivity index (χ3v) is 7.41. The number of likely N-dealkylation sites (tertiary alicyclic amines) is 1. The first-order valence-corrected chi connectivity index (χ1v) is 12.1. The number of hydrogen-bond donors (Lipinski definition) is 3. The lowest BCUT2D eigenvalue weighted by molar-refractivity contribution is -0.144. The number of aliphatic carboxylic acids is 1. The fourth-order valence-electron chi connectivity index (χ4n) is 5.87. The number of rotatable bonds is 5. The molecular weight excluding hydrogens is 456 g/mol. The van der Waals surface area contributed by atoms with E-state index < -0.39 is 12.0 Å². The van der Waals surface area contributed by atoms with Gasteiger partial charge in [0, 0.05) is 71.2 Å². The molecule has 4 aromatic rings. The molecule has 2 aromatic heterocycles. The van der Waals surface area contributed by atoms with Gasteiger partial charge in [0.1, 0.15) is 6.04 Å². The number of carbonyl (C=O) groups is 2. The summed E-state index contributed by atoms with van der Waals surface area (Å²) in [6.45, 7) is 1.78. The zero-order valence-corrected chi connectivity index (χ0v) is 19.6. The highest BCUT2D eigenvalue weighted by Crippen LogP contribution is 2.40. The number of H-pyrrole nitrogens is 1. The van der Waals surface area contributed by atoms with Crippen LogP contribution in [-0.4, -0.2) is 44.5 Å². The number of carbonyl (C=O) groups excluding carboxylic acids is 1. The summed E-state index contributed by atoms with van der Waals surface area (Å²) in [5.41, 5.74) is 3.62. The van der Waals surface area contributed by atoms with Crippen molar-refractivity contribution in [1.29, 1.82) is 0 Å². The van der Waals surface area contributed by atoms with Crippen LogP contribution in [0.5, 0.6) is 0 Å². The lowest BCUT2D eigenvalue weighted by Crippen LogP contribution is -2.49. The summed E-state index contributed by atoms with van der Waals surface area (Å²) in [5.74, 6) is -0.817. The summed E-state index contributed by atoms with van der Waals surface area (Å²) < 4.78 is 1.85. The minimum absolute atomic E-state index is 0.00661. The van der Waals surface area contributed by atoms with Crippen LogP contribution < -0.4 is 10.9 Å². The summed E-state index contributed by atoms with van der Waals surface area (Å²) in [6, 6.07) is 19.0. The SMILES string of the molecule is O=C(Nc1ccc2[nH]cc(C(C(=O)O)N3C[C@H]4C[C@H](C3)c3cccc(=O)n3C4)c2c1)c1ccccc1. The Balaban J connectivity index is 1.32. The van der Waals surface area contributed by atoms with Gasteiger partial charge in [-0.05, 0) is 48.7 Å². The van der Waals surface area contributed by atoms with E-state index in [1.165, 1.54) is 0 Å². The number of carboxylic acids is 1. The Morgan fingerprint density at radius 2 is 1.83 bits per heavy atom. The molecule has 8 heteroatoms.